The van der Waals surface area contributed by atoms with Crippen molar-refractivity contribution < 1.29 is 5.11 Å². The molecule has 1 heterocycles. The molecule has 19 heavy (non-hydrogen) atoms. The van der Waals surface area contributed by atoms with Gasteiger partial charge in [-0.25, -0.2) is 4.98 Å². The predicted octanol–water partition coefficient (Wildman–Crippen LogP) is 3.96. The Morgan fingerprint density at radius 3 is 2.79 bits per heavy atom. The van der Waals surface area contributed by atoms with E-state index in [-0.39, 0.29) is 6.10 Å². The van der Waals surface area contributed by atoms with Crippen LogP contribution in [0.1, 0.15) is 55.6 Å². The van der Waals surface area contributed by atoms with E-state index in [1.165, 1.54) is 44.9 Å². The second-order valence-corrected chi connectivity index (χ2v) is 7.47. The van der Waals surface area contributed by atoms with Crippen molar-refractivity contribution in [1.82, 2.24) is 4.98 Å². The molecule has 0 aliphatic heterocycles. The third-order valence-electron chi connectivity index (χ3n) is 5.17. The summed E-state index contributed by atoms with van der Waals surface area (Å²) in [4.78, 5) is 4.49. The van der Waals surface area contributed by atoms with E-state index in [0.717, 1.165) is 29.0 Å². The van der Waals surface area contributed by atoms with Gasteiger partial charge in [0.2, 0.25) is 0 Å². The van der Waals surface area contributed by atoms with Gasteiger partial charge in [0, 0.05) is 17.5 Å². The van der Waals surface area contributed by atoms with Crippen LogP contribution in [0.25, 0.3) is 0 Å². The molecule has 0 amide bonds. The number of thiazole rings is 1. The van der Waals surface area contributed by atoms with Crippen molar-refractivity contribution in [3.63, 3.8) is 0 Å². The molecule has 2 fully saturated rings. The first kappa shape index (κ1) is 13.6. The van der Waals surface area contributed by atoms with Crippen molar-refractivity contribution in [3.8, 4) is 0 Å². The van der Waals surface area contributed by atoms with E-state index >= 15 is 0 Å². The zero-order valence-electron chi connectivity index (χ0n) is 11.8. The lowest BCUT2D eigenvalue weighted by Gasteiger charge is -2.40. The fourth-order valence-electron chi connectivity index (χ4n) is 4.10. The molecule has 0 aromatic carbocycles. The maximum Gasteiger partial charge on any atom is 0.0954 e. The summed E-state index contributed by atoms with van der Waals surface area (Å²) >= 11 is 1.69. The Balaban J connectivity index is 1.56. The van der Waals surface area contributed by atoms with Gasteiger partial charge in [0.05, 0.1) is 11.1 Å². The lowest BCUT2D eigenvalue weighted by Crippen LogP contribution is -2.34. The van der Waals surface area contributed by atoms with Gasteiger partial charge in [-0.3, -0.25) is 0 Å². The normalized spacial score (nSPS) is 32.8. The van der Waals surface area contributed by atoms with Crippen LogP contribution in [0.5, 0.6) is 0 Å². The van der Waals surface area contributed by atoms with Crippen molar-refractivity contribution in [3.05, 3.63) is 16.1 Å². The maximum atomic E-state index is 10.5. The molecule has 3 heteroatoms. The number of nitrogens with zero attached hydrogens (tertiary/aromatic N) is 1. The van der Waals surface area contributed by atoms with Crippen LogP contribution in [-0.4, -0.2) is 16.2 Å². The van der Waals surface area contributed by atoms with Crippen LogP contribution < -0.4 is 0 Å². The van der Waals surface area contributed by atoms with Gasteiger partial charge in [0.1, 0.15) is 0 Å². The van der Waals surface area contributed by atoms with E-state index in [9.17, 15) is 5.11 Å². The van der Waals surface area contributed by atoms with Crippen LogP contribution >= 0.6 is 11.3 Å². The monoisotopic (exact) mass is 279 g/mol. The summed E-state index contributed by atoms with van der Waals surface area (Å²) in [7, 11) is 0. The SMILES string of the molecule is Cc1csc(CC(O)C2CCC3CCCCC3C2)n1. The van der Waals surface area contributed by atoms with Crippen molar-refractivity contribution in [2.45, 2.75) is 64.4 Å². The molecule has 4 atom stereocenters. The van der Waals surface area contributed by atoms with E-state index < -0.39 is 0 Å². The second kappa shape index (κ2) is 5.92. The van der Waals surface area contributed by atoms with Gasteiger partial charge in [-0.1, -0.05) is 25.7 Å². The van der Waals surface area contributed by atoms with E-state index in [2.05, 4.69) is 10.4 Å². The highest BCUT2D eigenvalue weighted by Crippen LogP contribution is 2.43. The first-order valence-electron chi connectivity index (χ1n) is 7.81. The standard InChI is InChI=1S/C16H25NOS/c1-11-10-19-16(17-11)9-15(18)14-7-6-12-4-2-3-5-13(12)8-14/h10,12-15,18H,2-9H2,1H3. The molecule has 2 nitrogen and oxygen atoms in total. The first-order chi connectivity index (χ1) is 9.22. The Bertz CT molecular complexity index is 417. The summed E-state index contributed by atoms with van der Waals surface area (Å²) in [5.74, 6) is 2.39. The first-order valence-corrected chi connectivity index (χ1v) is 8.69. The molecular weight excluding hydrogens is 254 g/mol. The molecule has 1 aromatic rings. The molecule has 2 aliphatic carbocycles. The molecule has 0 radical (unpaired) electrons. The van der Waals surface area contributed by atoms with Crippen LogP contribution in [0.15, 0.2) is 5.38 Å². The molecule has 0 spiro atoms. The van der Waals surface area contributed by atoms with E-state index in [1.807, 2.05) is 6.92 Å². The average molecular weight is 279 g/mol. The van der Waals surface area contributed by atoms with E-state index in [4.69, 9.17) is 0 Å². The minimum Gasteiger partial charge on any atom is -0.392 e. The molecule has 1 N–H and O–H groups in total. The smallest absolute Gasteiger partial charge is 0.0954 e. The molecule has 1 aromatic heterocycles. The molecule has 4 unspecified atom stereocenters. The summed E-state index contributed by atoms with van der Waals surface area (Å²) < 4.78 is 0. The quantitative estimate of drug-likeness (QED) is 0.908. The van der Waals surface area contributed by atoms with Gasteiger partial charge in [-0.05, 0) is 43.9 Å². The zero-order valence-corrected chi connectivity index (χ0v) is 12.7. The Morgan fingerprint density at radius 2 is 2.05 bits per heavy atom. The Hall–Kier alpha value is -0.410. The van der Waals surface area contributed by atoms with Gasteiger partial charge >= 0.3 is 0 Å². The molecule has 2 aliphatic rings. The molecule has 3 rings (SSSR count). The van der Waals surface area contributed by atoms with Gasteiger partial charge in [0.25, 0.3) is 0 Å². The Kier molecular flexibility index (Phi) is 4.23. The number of rotatable bonds is 3. The minimum absolute atomic E-state index is 0.173. The fraction of sp³-hybridized carbons (Fsp3) is 0.812. The van der Waals surface area contributed by atoms with Crippen molar-refractivity contribution >= 4 is 11.3 Å². The highest BCUT2D eigenvalue weighted by atomic mass is 32.1. The maximum absolute atomic E-state index is 10.5. The van der Waals surface area contributed by atoms with Gasteiger partial charge in [-0.15, -0.1) is 11.3 Å². The number of fused-ring (bicyclic) bond motifs is 1. The van der Waals surface area contributed by atoms with Crippen molar-refractivity contribution in [1.29, 1.82) is 0 Å². The zero-order chi connectivity index (χ0) is 13.2. The Labute approximate surface area is 120 Å². The number of hydrogen-bond acceptors (Lipinski definition) is 3. The molecule has 0 saturated heterocycles. The fourth-order valence-corrected chi connectivity index (χ4v) is 4.92. The third kappa shape index (κ3) is 3.19. The molecule has 0 bridgehead atoms. The molecular formula is C16H25NOS. The third-order valence-corrected chi connectivity index (χ3v) is 6.16. The van der Waals surface area contributed by atoms with Crippen molar-refractivity contribution in [2.24, 2.45) is 17.8 Å². The van der Waals surface area contributed by atoms with Crippen LogP contribution in [0.4, 0.5) is 0 Å². The number of aryl methyl sites for hydroxylation is 1. The summed E-state index contributed by atoms with van der Waals surface area (Å²) in [5.41, 5.74) is 1.09. The predicted molar refractivity (Wildman–Crippen MR) is 79.4 cm³/mol. The largest absolute Gasteiger partial charge is 0.392 e. The lowest BCUT2D eigenvalue weighted by molar-refractivity contribution is 0.0360. The Morgan fingerprint density at radius 1 is 1.26 bits per heavy atom. The second-order valence-electron chi connectivity index (χ2n) is 6.53. The summed E-state index contributed by atoms with van der Waals surface area (Å²) in [6.45, 7) is 2.03. The minimum atomic E-state index is -0.173. The number of aliphatic hydroxyl groups excluding tert-OH is 1. The van der Waals surface area contributed by atoms with E-state index in [0.29, 0.717) is 5.92 Å². The number of aromatic nitrogens is 1. The summed E-state index contributed by atoms with van der Waals surface area (Å²) in [5, 5.41) is 13.7. The van der Waals surface area contributed by atoms with Gasteiger partial charge in [-0.2, -0.15) is 0 Å². The van der Waals surface area contributed by atoms with E-state index in [1.54, 1.807) is 11.3 Å². The summed E-state index contributed by atoms with van der Waals surface area (Å²) in [6, 6.07) is 0. The molecule has 106 valence electrons. The number of aliphatic hydroxyl groups is 1. The lowest BCUT2D eigenvalue weighted by atomic mass is 9.66. The highest BCUT2D eigenvalue weighted by molar-refractivity contribution is 7.09. The molecule has 2 saturated carbocycles. The number of hydrogen-bond donors (Lipinski definition) is 1. The van der Waals surface area contributed by atoms with Crippen molar-refractivity contribution in [2.75, 3.05) is 0 Å². The summed E-state index contributed by atoms with van der Waals surface area (Å²) in [6.07, 6.45) is 10.1. The van der Waals surface area contributed by atoms with Gasteiger partial charge < -0.3 is 5.11 Å². The average Bonchev–Trinajstić information content (AvgIpc) is 2.83. The van der Waals surface area contributed by atoms with Crippen LogP contribution in [0.2, 0.25) is 0 Å². The topological polar surface area (TPSA) is 33.1 Å². The van der Waals surface area contributed by atoms with Crippen LogP contribution in [0, 0.1) is 24.7 Å². The highest BCUT2D eigenvalue weighted by Gasteiger charge is 2.35. The van der Waals surface area contributed by atoms with Gasteiger partial charge in [0.15, 0.2) is 0 Å². The van der Waals surface area contributed by atoms with Crippen LogP contribution in [0.3, 0.4) is 0 Å². The van der Waals surface area contributed by atoms with Crippen LogP contribution in [-0.2, 0) is 6.42 Å².